The summed E-state index contributed by atoms with van der Waals surface area (Å²) in [6.07, 6.45) is 4.86. The first-order chi connectivity index (χ1) is 10.7. The smallest absolute Gasteiger partial charge is 0.286 e. The van der Waals surface area contributed by atoms with Crippen LogP contribution in [0.15, 0.2) is 42.7 Å². The Balaban J connectivity index is 1.53. The van der Waals surface area contributed by atoms with E-state index in [1.807, 2.05) is 47.3 Å². The molecule has 22 heavy (non-hydrogen) atoms. The van der Waals surface area contributed by atoms with E-state index in [9.17, 15) is 4.79 Å². The fraction of sp³-hybridized carbons (Fsp3) is 0.294. The van der Waals surface area contributed by atoms with Crippen molar-refractivity contribution in [2.24, 2.45) is 0 Å². The number of nitrogens with one attached hydrogen (secondary N) is 1. The molecule has 1 aromatic heterocycles. The number of ether oxygens (including phenoxy) is 2. The third kappa shape index (κ3) is 3.36. The molecule has 3 rings (SSSR count). The van der Waals surface area contributed by atoms with Crippen LogP contribution < -0.4 is 19.4 Å². The Morgan fingerprint density at radius 1 is 1.14 bits per heavy atom. The van der Waals surface area contributed by atoms with Crippen molar-refractivity contribution < 1.29 is 18.8 Å². The molecule has 0 bridgehead atoms. The lowest BCUT2D eigenvalue weighted by molar-refractivity contribution is -0.684. The highest BCUT2D eigenvalue weighted by Crippen LogP contribution is 2.32. The Hall–Kier alpha value is -2.56. The third-order valence-electron chi connectivity index (χ3n) is 3.62. The predicted octanol–water partition coefficient (Wildman–Crippen LogP) is 1.58. The Kier molecular flexibility index (Phi) is 4.23. The van der Waals surface area contributed by atoms with E-state index in [1.165, 1.54) is 5.56 Å². The van der Waals surface area contributed by atoms with E-state index < -0.39 is 0 Å². The molecule has 0 unspecified atom stereocenters. The zero-order chi connectivity index (χ0) is 15.4. The minimum absolute atomic E-state index is 0.0214. The van der Waals surface area contributed by atoms with Gasteiger partial charge in [0.2, 0.25) is 13.3 Å². The fourth-order valence-electron chi connectivity index (χ4n) is 2.30. The maximum atomic E-state index is 12.0. The Morgan fingerprint density at radius 3 is 2.68 bits per heavy atom. The molecular formula is C17H19N2O3+. The van der Waals surface area contributed by atoms with Crippen LogP contribution in [0.5, 0.6) is 11.5 Å². The van der Waals surface area contributed by atoms with E-state index in [1.54, 1.807) is 0 Å². The number of fused-ring (bicyclic) bond motifs is 1. The molecule has 0 saturated carbocycles. The highest BCUT2D eigenvalue weighted by molar-refractivity contribution is 5.74. The summed E-state index contributed by atoms with van der Waals surface area (Å²) < 4.78 is 12.5. The summed E-state index contributed by atoms with van der Waals surface area (Å²) in [5, 5.41) is 2.91. The van der Waals surface area contributed by atoms with Gasteiger partial charge in [0.15, 0.2) is 23.9 Å². The molecule has 0 aliphatic carbocycles. The van der Waals surface area contributed by atoms with Crippen molar-refractivity contribution in [3.63, 3.8) is 0 Å². The molecule has 1 aromatic carbocycles. The van der Waals surface area contributed by atoms with Crippen LogP contribution in [-0.4, -0.2) is 12.7 Å². The topological polar surface area (TPSA) is 51.4 Å². The van der Waals surface area contributed by atoms with E-state index in [-0.39, 0.29) is 12.7 Å². The lowest BCUT2D eigenvalue weighted by Gasteiger charge is -2.05. The second-order valence-electron chi connectivity index (χ2n) is 5.20. The van der Waals surface area contributed by atoms with Crippen molar-refractivity contribution in [1.82, 2.24) is 5.32 Å². The van der Waals surface area contributed by atoms with Crippen LogP contribution in [0.1, 0.15) is 18.1 Å². The van der Waals surface area contributed by atoms with E-state index in [2.05, 4.69) is 12.2 Å². The number of aromatic nitrogens is 1. The molecule has 0 atom stereocenters. The predicted molar refractivity (Wildman–Crippen MR) is 80.4 cm³/mol. The van der Waals surface area contributed by atoms with E-state index in [0.717, 1.165) is 23.5 Å². The molecule has 1 N–H and O–H groups in total. The van der Waals surface area contributed by atoms with Crippen molar-refractivity contribution in [3.05, 3.63) is 53.9 Å². The van der Waals surface area contributed by atoms with E-state index in [0.29, 0.717) is 13.1 Å². The van der Waals surface area contributed by atoms with Crippen LogP contribution in [0.2, 0.25) is 0 Å². The number of rotatable bonds is 5. The zero-order valence-corrected chi connectivity index (χ0v) is 12.5. The average molecular weight is 299 g/mol. The first-order valence-corrected chi connectivity index (χ1v) is 7.38. The number of amides is 1. The number of hydrogen-bond acceptors (Lipinski definition) is 3. The van der Waals surface area contributed by atoms with Crippen LogP contribution in [0.4, 0.5) is 0 Å². The van der Waals surface area contributed by atoms with Crippen molar-refractivity contribution in [2.45, 2.75) is 26.4 Å². The molecule has 1 aliphatic rings. The van der Waals surface area contributed by atoms with E-state index in [4.69, 9.17) is 9.47 Å². The monoisotopic (exact) mass is 299 g/mol. The van der Waals surface area contributed by atoms with Gasteiger partial charge in [-0.05, 0) is 29.7 Å². The van der Waals surface area contributed by atoms with Crippen LogP contribution in [-0.2, 0) is 24.3 Å². The summed E-state index contributed by atoms with van der Waals surface area (Å²) in [7, 11) is 0. The van der Waals surface area contributed by atoms with Gasteiger partial charge in [-0.1, -0.05) is 13.0 Å². The van der Waals surface area contributed by atoms with Crippen LogP contribution in [0.3, 0.4) is 0 Å². The summed E-state index contributed by atoms with van der Waals surface area (Å²) in [4.78, 5) is 12.0. The number of aryl methyl sites for hydroxylation is 1. The normalized spacial score (nSPS) is 12.2. The van der Waals surface area contributed by atoms with Gasteiger partial charge in [0.1, 0.15) is 0 Å². The quantitative estimate of drug-likeness (QED) is 0.853. The largest absolute Gasteiger partial charge is 0.454 e. The number of carbonyl (C=O) groups excluding carboxylic acids is 1. The second-order valence-corrected chi connectivity index (χ2v) is 5.20. The van der Waals surface area contributed by atoms with Gasteiger partial charge in [-0.2, -0.15) is 4.57 Å². The van der Waals surface area contributed by atoms with Crippen molar-refractivity contribution >= 4 is 5.91 Å². The summed E-state index contributed by atoms with van der Waals surface area (Å²) in [5.74, 6) is 1.46. The molecular weight excluding hydrogens is 280 g/mol. The van der Waals surface area contributed by atoms with Crippen LogP contribution in [0.25, 0.3) is 0 Å². The highest BCUT2D eigenvalue weighted by atomic mass is 16.7. The maximum Gasteiger partial charge on any atom is 0.286 e. The van der Waals surface area contributed by atoms with Crippen LogP contribution in [0, 0.1) is 0 Å². The maximum absolute atomic E-state index is 12.0. The summed E-state index contributed by atoms with van der Waals surface area (Å²) >= 11 is 0. The summed E-state index contributed by atoms with van der Waals surface area (Å²) in [6.45, 7) is 3.16. The zero-order valence-electron chi connectivity index (χ0n) is 12.5. The standard InChI is InChI=1S/C17H18N2O3/c1-2-13-5-7-19(8-6-13)11-17(20)18-10-14-3-4-15-16(9-14)22-12-21-15/h3-9H,2,10-12H2,1H3/p+1. The van der Waals surface area contributed by atoms with Gasteiger partial charge in [0.05, 0.1) is 0 Å². The van der Waals surface area contributed by atoms with Gasteiger partial charge in [-0.25, -0.2) is 0 Å². The molecule has 0 spiro atoms. The molecule has 0 saturated heterocycles. The number of pyridine rings is 1. The summed E-state index contributed by atoms with van der Waals surface area (Å²) in [5.41, 5.74) is 2.25. The molecule has 5 heteroatoms. The first-order valence-electron chi connectivity index (χ1n) is 7.38. The van der Waals surface area contributed by atoms with Crippen LogP contribution >= 0.6 is 0 Å². The number of hydrogen-bond donors (Lipinski definition) is 1. The Morgan fingerprint density at radius 2 is 1.91 bits per heavy atom. The van der Waals surface area contributed by atoms with Crippen molar-refractivity contribution in [1.29, 1.82) is 0 Å². The molecule has 0 radical (unpaired) electrons. The van der Waals surface area contributed by atoms with Gasteiger partial charge in [-0.3, -0.25) is 4.79 Å². The molecule has 1 aliphatic heterocycles. The molecule has 2 aromatic rings. The van der Waals surface area contributed by atoms with Gasteiger partial charge < -0.3 is 14.8 Å². The van der Waals surface area contributed by atoms with Gasteiger partial charge >= 0.3 is 0 Å². The molecule has 2 heterocycles. The lowest BCUT2D eigenvalue weighted by atomic mass is 10.2. The third-order valence-corrected chi connectivity index (χ3v) is 3.62. The highest BCUT2D eigenvalue weighted by Gasteiger charge is 2.14. The second kappa shape index (κ2) is 6.47. The SMILES string of the molecule is CCc1cc[n+](CC(=O)NCc2ccc3c(c2)OCO3)cc1. The van der Waals surface area contributed by atoms with Gasteiger partial charge in [0.25, 0.3) is 5.91 Å². The lowest BCUT2D eigenvalue weighted by Crippen LogP contribution is -2.42. The first kappa shape index (κ1) is 14.4. The minimum atomic E-state index is -0.0214. The fourth-order valence-corrected chi connectivity index (χ4v) is 2.30. The van der Waals surface area contributed by atoms with Crippen molar-refractivity contribution in [2.75, 3.05) is 6.79 Å². The van der Waals surface area contributed by atoms with Crippen molar-refractivity contribution in [3.8, 4) is 11.5 Å². The van der Waals surface area contributed by atoms with Gasteiger partial charge in [0, 0.05) is 18.7 Å². The average Bonchev–Trinajstić information content (AvgIpc) is 3.01. The Bertz CT molecular complexity index is 668. The number of benzene rings is 1. The Labute approximate surface area is 129 Å². The molecule has 1 amide bonds. The minimum Gasteiger partial charge on any atom is -0.454 e. The molecule has 0 fully saturated rings. The number of nitrogens with zero attached hydrogens (tertiary/aromatic N) is 1. The molecule has 5 nitrogen and oxygen atoms in total. The molecule has 114 valence electrons. The van der Waals surface area contributed by atoms with Gasteiger partial charge in [-0.15, -0.1) is 0 Å². The number of carbonyl (C=O) groups is 1. The summed E-state index contributed by atoms with van der Waals surface area (Å²) in [6, 6.07) is 9.75. The van der Waals surface area contributed by atoms with E-state index >= 15 is 0 Å².